The summed E-state index contributed by atoms with van der Waals surface area (Å²) in [5.74, 6) is -0.0399. The molecule has 2 aliphatic rings. The largest absolute Gasteiger partial charge is 0.339 e. The SMILES string of the molecule is CCN(C(=O)C1CCN(S(C)(=O)=O)CC1)C1CCS(=O)(=O)C1. The number of piperidine rings is 1. The van der Waals surface area contributed by atoms with Crippen molar-refractivity contribution in [3.63, 3.8) is 0 Å². The minimum Gasteiger partial charge on any atom is -0.339 e. The van der Waals surface area contributed by atoms with Crippen molar-refractivity contribution in [3.05, 3.63) is 0 Å². The van der Waals surface area contributed by atoms with Crippen LogP contribution in [0, 0.1) is 5.92 Å². The zero-order valence-corrected chi connectivity index (χ0v) is 14.7. The van der Waals surface area contributed by atoms with Gasteiger partial charge in [-0.15, -0.1) is 0 Å². The Bertz CT molecular complexity index is 621. The topological polar surface area (TPSA) is 91.8 Å². The Morgan fingerprint density at radius 3 is 2.23 bits per heavy atom. The molecule has 2 aliphatic heterocycles. The van der Waals surface area contributed by atoms with E-state index in [1.165, 1.54) is 10.6 Å². The molecule has 0 spiro atoms. The number of rotatable bonds is 4. The summed E-state index contributed by atoms with van der Waals surface area (Å²) in [6.45, 7) is 3.06. The van der Waals surface area contributed by atoms with E-state index in [2.05, 4.69) is 0 Å². The van der Waals surface area contributed by atoms with E-state index < -0.39 is 19.9 Å². The highest BCUT2D eigenvalue weighted by Crippen LogP contribution is 2.25. The van der Waals surface area contributed by atoms with E-state index in [4.69, 9.17) is 0 Å². The zero-order chi connectivity index (χ0) is 16.5. The van der Waals surface area contributed by atoms with Crippen molar-refractivity contribution in [3.8, 4) is 0 Å². The van der Waals surface area contributed by atoms with E-state index in [1.807, 2.05) is 6.92 Å². The number of carbonyl (C=O) groups is 1. The van der Waals surface area contributed by atoms with Gasteiger partial charge in [-0.25, -0.2) is 21.1 Å². The Morgan fingerprint density at radius 2 is 1.82 bits per heavy atom. The van der Waals surface area contributed by atoms with Crippen molar-refractivity contribution < 1.29 is 21.6 Å². The molecule has 0 aromatic carbocycles. The molecule has 2 fully saturated rings. The Morgan fingerprint density at radius 1 is 1.23 bits per heavy atom. The fourth-order valence-corrected chi connectivity index (χ4v) is 5.89. The maximum atomic E-state index is 12.6. The average Bonchev–Trinajstić information content (AvgIpc) is 2.79. The Kier molecular flexibility index (Phi) is 5.18. The molecule has 9 heteroatoms. The first kappa shape index (κ1) is 17.7. The van der Waals surface area contributed by atoms with Gasteiger partial charge in [0.15, 0.2) is 9.84 Å². The van der Waals surface area contributed by atoms with E-state index in [0.29, 0.717) is 38.9 Å². The Balaban J connectivity index is 1.99. The van der Waals surface area contributed by atoms with Crippen LogP contribution in [0.5, 0.6) is 0 Å². The minimum atomic E-state index is -3.20. The number of hydrogen-bond donors (Lipinski definition) is 0. The van der Waals surface area contributed by atoms with Gasteiger partial charge in [0.1, 0.15) is 0 Å². The summed E-state index contributed by atoms with van der Waals surface area (Å²) in [5.41, 5.74) is 0. The van der Waals surface area contributed by atoms with Gasteiger partial charge in [-0.1, -0.05) is 0 Å². The molecule has 2 heterocycles. The van der Waals surface area contributed by atoms with Crippen LogP contribution in [0.25, 0.3) is 0 Å². The molecule has 22 heavy (non-hydrogen) atoms. The number of nitrogens with zero attached hydrogens (tertiary/aromatic N) is 2. The first-order valence-corrected chi connectivity index (χ1v) is 11.3. The molecule has 128 valence electrons. The highest BCUT2D eigenvalue weighted by molar-refractivity contribution is 7.91. The van der Waals surface area contributed by atoms with Crippen molar-refractivity contribution in [1.29, 1.82) is 0 Å². The maximum Gasteiger partial charge on any atom is 0.226 e. The molecule has 0 saturated carbocycles. The van der Waals surface area contributed by atoms with Crippen molar-refractivity contribution >= 4 is 25.8 Å². The lowest BCUT2D eigenvalue weighted by Gasteiger charge is -2.35. The molecule has 0 aromatic heterocycles. The molecule has 2 saturated heterocycles. The predicted octanol–water partition coefficient (Wildman–Crippen LogP) is -0.306. The third kappa shape index (κ3) is 3.99. The summed E-state index contributed by atoms with van der Waals surface area (Å²) in [7, 11) is -6.23. The standard InChI is InChI=1S/C13H24N2O5S2/c1-3-15(12-6-9-22(19,20)10-12)13(16)11-4-7-14(8-5-11)21(2,17)18/h11-12H,3-10H2,1-2H3. The van der Waals surface area contributed by atoms with Crippen molar-refractivity contribution in [2.75, 3.05) is 37.4 Å². The lowest BCUT2D eigenvalue weighted by atomic mass is 9.95. The van der Waals surface area contributed by atoms with Crippen LogP contribution < -0.4 is 0 Å². The molecule has 7 nitrogen and oxygen atoms in total. The molecular formula is C13H24N2O5S2. The van der Waals surface area contributed by atoms with Gasteiger partial charge in [0.25, 0.3) is 0 Å². The third-order valence-corrected chi connectivity index (χ3v) is 7.60. The van der Waals surface area contributed by atoms with Gasteiger partial charge in [-0.2, -0.15) is 0 Å². The van der Waals surface area contributed by atoms with Crippen molar-refractivity contribution in [1.82, 2.24) is 9.21 Å². The normalized spacial score (nSPS) is 26.9. The first-order chi connectivity index (χ1) is 10.1. The fraction of sp³-hybridized carbons (Fsp3) is 0.923. The second-order valence-electron chi connectivity index (χ2n) is 6.12. The summed E-state index contributed by atoms with van der Waals surface area (Å²) in [4.78, 5) is 14.3. The molecule has 0 N–H and O–H groups in total. The average molecular weight is 352 g/mol. The molecule has 1 amide bonds. The Labute approximate surface area is 132 Å². The zero-order valence-electron chi connectivity index (χ0n) is 13.1. The molecular weight excluding hydrogens is 328 g/mol. The highest BCUT2D eigenvalue weighted by Gasteiger charge is 2.37. The molecule has 0 aromatic rings. The van der Waals surface area contributed by atoms with Gasteiger partial charge in [0, 0.05) is 31.6 Å². The number of hydrogen-bond acceptors (Lipinski definition) is 5. The summed E-state index contributed by atoms with van der Waals surface area (Å²) in [5, 5.41) is 0. The third-order valence-electron chi connectivity index (χ3n) is 4.55. The van der Waals surface area contributed by atoms with Crippen LogP contribution in [0.15, 0.2) is 0 Å². The van der Waals surface area contributed by atoms with E-state index in [-0.39, 0.29) is 29.4 Å². The predicted molar refractivity (Wildman–Crippen MR) is 83.6 cm³/mol. The number of amides is 1. The van der Waals surface area contributed by atoms with Crippen LogP contribution >= 0.6 is 0 Å². The number of sulfonamides is 1. The van der Waals surface area contributed by atoms with Gasteiger partial charge in [0.05, 0.1) is 17.8 Å². The lowest BCUT2D eigenvalue weighted by molar-refractivity contribution is -0.138. The smallest absolute Gasteiger partial charge is 0.226 e. The molecule has 2 rings (SSSR count). The van der Waals surface area contributed by atoms with Crippen molar-refractivity contribution in [2.45, 2.75) is 32.2 Å². The van der Waals surface area contributed by atoms with E-state index in [1.54, 1.807) is 4.90 Å². The van der Waals surface area contributed by atoms with Crippen LogP contribution in [0.4, 0.5) is 0 Å². The molecule has 1 atom stereocenters. The quantitative estimate of drug-likeness (QED) is 0.692. The van der Waals surface area contributed by atoms with E-state index in [9.17, 15) is 21.6 Å². The van der Waals surface area contributed by atoms with Gasteiger partial charge >= 0.3 is 0 Å². The molecule has 0 bridgehead atoms. The first-order valence-electron chi connectivity index (χ1n) is 7.60. The summed E-state index contributed by atoms with van der Waals surface area (Å²) < 4.78 is 47.6. The fourth-order valence-electron chi connectivity index (χ4n) is 3.28. The number of carbonyl (C=O) groups excluding carboxylic acids is 1. The second kappa shape index (κ2) is 6.45. The minimum absolute atomic E-state index is 0.0299. The van der Waals surface area contributed by atoms with Crippen molar-refractivity contribution in [2.24, 2.45) is 5.92 Å². The van der Waals surface area contributed by atoms with Gasteiger partial charge in [-0.05, 0) is 26.2 Å². The summed E-state index contributed by atoms with van der Waals surface area (Å²) >= 11 is 0. The monoisotopic (exact) mass is 352 g/mol. The van der Waals surface area contributed by atoms with Crippen LogP contribution in [0.3, 0.4) is 0 Å². The molecule has 1 unspecified atom stereocenters. The summed E-state index contributed by atoms with van der Waals surface area (Å²) in [6, 6.07) is -0.226. The van der Waals surface area contributed by atoms with Gasteiger partial charge < -0.3 is 4.90 Å². The highest BCUT2D eigenvalue weighted by atomic mass is 32.2. The lowest BCUT2D eigenvalue weighted by Crippen LogP contribution is -2.47. The summed E-state index contributed by atoms with van der Waals surface area (Å²) in [6.07, 6.45) is 2.69. The number of sulfone groups is 1. The van der Waals surface area contributed by atoms with E-state index >= 15 is 0 Å². The Hall–Kier alpha value is -0.670. The van der Waals surface area contributed by atoms with Crippen LogP contribution in [0.1, 0.15) is 26.2 Å². The van der Waals surface area contributed by atoms with Gasteiger partial charge in [-0.3, -0.25) is 4.79 Å². The van der Waals surface area contributed by atoms with Crippen LogP contribution in [-0.2, 0) is 24.7 Å². The van der Waals surface area contributed by atoms with Gasteiger partial charge in [0.2, 0.25) is 15.9 Å². The van der Waals surface area contributed by atoms with Crippen LogP contribution in [-0.4, -0.2) is 75.4 Å². The molecule has 0 aliphatic carbocycles. The second-order valence-corrected chi connectivity index (χ2v) is 10.3. The maximum absolute atomic E-state index is 12.6. The molecule has 0 radical (unpaired) electrons. The van der Waals surface area contributed by atoms with E-state index in [0.717, 1.165) is 0 Å². The van der Waals surface area contributed by atoms with Crippen LogP contribution in [0.2, 0.25) is 0 Å².